The third-order valence-electron chi connectivity index (χ3n) is 2.39. The van der Waals surface area contributed by atoms with E-state index in [9.17, 15) is 0 Å². The Labute approximate surface area is 97.8 Å². The largest absolute Gasteiger partial charge is 0.310 e. The highest BCUT2D eigenvalue weighted by Gasteiger charge is 2.03. The minimum absolute atomic E-state index is 0.570. The van der Waals surface area contributed by atoms with Crippen LogP contribution in [-0.4, -0.2) is 6.04 Å². The van der Waals surface area contributed by atoms with Gasteiger partial charge in [-0.05, 0) is 37.0 Å². The van der Waals surface area contributed by atoms with E-state index in [1.165, 1.54) is 12.0 Å². The van der Waals surface area contributed by atoms with Crippen LogP contribution < -0.4 is 5.32 Å². The maximum Gasteiger partial charge on any atom is 0.0406 e. The molecule has 1 N–H and O–H groups in total. The lowest BCUT2D eigenvalue weighted by molar-refractivity contribution is 0.441. The van der Waals surface area contributed by atoms with Gasteiger partial charge in [0.2, 0.25) is 0 Å². The summed E-state index contributed by atoms with van der Waals surface area (Å²) in [7, 11) is 0. The summed E-state index contributed by atoms with van der Waals surface area (Å²) in [6.45, 7) is 7.65. The first-order valence-electron chi connectivity index (χ1n) is 5.55. The van der Waals surface area contributed by atoms with E-state index in [-0.39, 0.29) is 0 Å². The lowest BCUT2D eigenvalue weighted by Gasteiger charge is -2.15. The van der Waals surface area contributed by atoms with Gasteiger partial charge in [0.05, 0.1) is 0 Å². The molecule has 0 saturated heterocycles. The molecule has 0 aliphatic rings. The number of hydrogen-bond donors (Lipinski definition) is 1. The Morgan fingerprint density at radius 2 is 1.73 bits per heavy atom. The summed E-state index contributed by atoms with van der Waals surface area (Å²) >= 11 is 5.82. The van der Waals surface area contributed by atoms with Crippen LogP contribution in [0.1, 0.15) is 32.8 Å². The molecule has 0 spiro atoms. The molecule has 0 bridgehead atoms. The van der Waals surface area contributed by atoms with Gasteiger partial charge in [0.15, 0.2) is 0 Å². The Balaban J connectivity index is 2.33. The normalized spacial score (nSPS) is 13.1. The Kier molecular flexibility index (Phi) is 5.13. The highest BCUT2D eigenvalue weighted by molar-refractivity contribution is 6.30. The minimum Gasteiger partial charge on any atom is -0.310 e. The maximum absolute atomic E-state index is 5.82. The fourth-order valence-electron chi connectivity index (χ4n) is 1.68. The zero-order valence-electron chi connectivity index (χ0n) is 9.76. The molecule has 1 nitrogen and oxygen atoms in total. The number of hydrogen-bond acceptors (Lipinski definition) is 1. The molecule has 0 aliphatic heterocycles. The minimum atomic E-state index is 0.570. The van der Waals surface area contributed by atoms with Crippen molar-refractivity contribution in [3.63, 3.8) is 0 Å². The van der Waals surface area contributed by atoms with Gasteiger partial charge in [-0.3, -0.25) is 0 Å². The van der Waals surface area contributed by atoms with E-state index in [2.05, 4.69) is 38.2 Å². The molecule has 0 aromatic heterocycles. The van der Waals surface area contributed by atoms with E-state index in [0.29, 0.717) is 6.04 Å². The average molecular weight is 226 g/mol. The molecule has 0 aliphatic carbocycles. The number of benzene rings is 1. The summed E-state index contributed by atoms with van der Waals surface area (Å²) in [5.41, 5.74) is 1.29. The summed E-state index contributed by atoms with van der Waals surface area (Å²) in [5.74, 6) is 0.748. The summed E-state index contributed by atoms with van der Waals surface area (Å²) < 4.78 is 0. The lowest BCUT2D eigenvalue weighted by atomic mass is 10.1. The molecule has 0 saturated carbocycles. The topological polar surface area (TPSA) is 12.0 Å². The van der Waals surface area contributed by atoms with Gasteiger partial charge in [0, 0.05) is 17.6 Å². The number of nitrogens with one attached hydrogen (secondary N) is 1. The van der Waals surface area contributed by atoms with Crippen molar-refractivity contribution in [2.24, 2.45) is 5.92 Å². The van der Waals surface area contributed by atoms with Crippen molar-refractivity contribution in [1.29, 1.82) is 0 Å². The first kappa shape index (κ1) is 12.5. The van der Waals surface area contributed by atoms with Crippen LogP contribution in [-0.2, 0) is 6.54 Å². The van der Waals surface area contributed by atoms with E-state index < -0.39 is 0 Å². The van der Waals surface area contributed by atoms with Gasteiger partial charge in [0.1, 0.15) is 0 Å². The number of halogens is 1. The second-order valence-corrected chi connectivity index (χ2v) is 4.97. The molecular formula is C13H20ClN. The van der Waals surface area contributed by atoms with E-state index in [4.69, 9.17) is 11.6 Å². The highest BCUT2D eigenvalue weighted by Crippen LogP contribution is 2.10. The molecule has 0 fully saturated rings. The molecule has 0 radical (unpaired) electrons. The molecule has 84 valence electrons. The first-order chi connectivity index (χ1) is 7.08. The molecule has 0 heterocycles. The Hall–Kier alpha value is -0.530. The lowest BCUT2D eigenvalue weighted by Crippen LogP contribution is -2.26. The summed E-state index contributed by atoms with van der Waals surface area (Å²) in [6.07, 6.45) is 1.22. The Morgan fingerprint density at radius 3 is 2.27 bits per heavy atom. The second-order valence-electron chi connectivity index (χ2n) is 4.54. The van der Waals surface area contributed by atoms with Crippen LogP contribution >= 0.6 is 11.6 Å². The van der Waals surface area contributed by atoms with Crippen LogP contribution in [0.3, 0.4) is 0 Å². The van der Waals surface area contributed by atoms with Crippen LogP contribution in [0.15, 0.2) is 24.3 Å². The van der Waals surface area contributed by atoms with Gasteiger partial charge in [-0.1, -0.05) is 37.6 Å². The molecule has 15 heavy (non-hydrogen) atoms. The van der Waals surface area contributed by atoms with Crippen molar-refractivity contribution in [2.45, 2.75) is 39.8 Å². The van der Waals surface area contributed by atoms with Gasteiger partial charge < -0.3 is 5.32 Å². The zero-order valence-corrected chi connectivity index (χ0v) is 10.5. The van der Waals surface area contributed by atoms with Gasteiger partial charge >= 0.3 is 0 Å². The molecule has 1 rings (SSSR count). The maximum atomic E-state index is 5.82. The van der Waals surface area contributed by atoms with Gasteiger partial charge in [0.25, 0.3) is 0 Å². The predicted octanol–water partition coefficient (Wildman–Crippen LogP) is 3.86. The summed E-state index contributed by atoms with van der Waals surface area (Å²) in [4.78, 5) is 0. The zero-order chi connectivity index (χ0) is 11.3. The van der Waals surface area contributed by atoms with Gasteiger partial charge in [-0.25, -0.2) is 0 Å². The van der Waals surface area contributed by atoms with Crippen LogP contribution in [0.2, 0.25) is 5.02 Å². The van der Waals surface area contributed by atoms with Crippen LogP contribution in [0.25, 0.3) is 0 Å². The summed E-state index contributed by atoms with van der Waals surface area (Å²) in [5, 5.41) is 4.31. The quantitative estimate of drug-likeness (QED) is 0.803. The van der Waals surface area contributed by atoms with Gasteiger partial charge in [-0.2, -0.15) is 0 Å². The first-order valence-corrected chi connectivity index (χ1v) is 5.93. The monoisotopic (exact) mass is 225 g/mol. The van der Waals surface area contributed by atoms with E-state index in [1.54, 1.807) is 0 Å². The predicted molar refractivity (Wildman–Crippen MR) is 67.2 cm³/mol. The molecule has 1 atom stereocenters. The number of rotatable bonds is 5. The Bertz CT molecular complexity index is 279. The molecule has 2 heteroatoms. The standard InChI is InChI=1S/C13H20ClN/c1-10(2)8-11(3)15-9-12-4-6-13(14)7-5-12/h4-7,10-11,15H,8-9H2,1-3H3/t11-/m0/s1. The Morgan fingerprint density at radius 1 is 1.13 bits per heavy atom. The van der Waals surface area contributed by atoms with Crippen molar-refractivity contribution < 1.29 is 0 Å². The van der Waals surface area contributed by atoms with Crippen molar-refractivity contribution in [1.82, 2.24) is 5.32 Å². The molecule has 0 unspecified atom stereocenters. The van der Waals surface area contributed by atoms with Crippen LogP contribution in [0.4, 0.5) is 0 Å². The summed E-state index contributed by atoms with van der Waals surface area (Å²) in [6, 6.07) is 8.58. The average Bonchev–Trinajstić information content (AvgIpc) is 2.16. The van der Waals surface area contributed by atoms with Crippen molar-refractivity contribution >= 4 is 11.6 Å². The molecule has 1 aromatic carbocycles. The third kappa shape index (κ3) is 5.19. The highest BCUT2D eigenvalue weighted by atomic mass is 35.5. The smallest absolute Gasteiger partial charge is 0.0406 e. The van der Waals surface area contributed by atoms with E-state index in [1.807, 2.05) is 12.1 Å². The van der Waals surface area contributed by atoms with Crippen molar-refractivity contribution in [2.75, 3.05) is 0 Å². The fraction of sp³-hybridized carbons (Fsp3) is 0.538. The fourth-order valence-corrected chi connectivity index (χ4v) is 1.81. The SMILES string of the molecule is CC(C)C[C@H](C)NCc1ccc(Cl)cc1. The van der Waals surface area contributed by atoms with E-state index in [0.717, 1.165) is 17.5 Å². The molecule has 0 amide bonds. The second kappa shape index (κ2) is 6.14. The van der Waals surface area contributed by atoms with Crippen molar-refractivity contribution in [3.05, 3.63) is 34.9 Å². The molecule has 1 aromatic rings. The molecular weight excluding hydrogens is 206 g/mol. The van der Waals surface area contributed by atoms with Crippen LogP contribution in [0.5, 0.6) is 0 Å². The van der Waals surface area contributed by atoms with Crippen LogP contribution in [0, 0.1) is 5.92 Å². The van der Waals surface area contributed by atoms with Gasteiger partial charge in [-0.15, -0.1) is 0 Å². The van der Waals surface area contributed by atoms with Crippen molar-refractivity contribution in [3.8, 4) is 0 Å². The van der Waals surface area contributed by atoms with E-state index >= 15 is 0 Å². The third-order valence-corrected chi connectivity index (χ3v) is 2.64.